The first-order chi connectivity index (χ1) is 17.4. The van der Waals surface area contributed by atoms with Crippen LogP contribution < -0.4 is 21.5 Å². The Morgan fingerprint density at radius 3 is 2.31 bits per heavy atom. The van der Waals surface area contributed by atoms with Crippen molar-refractivity contribution in [1.29, 1.82) is 0 Å². The lowest BCUT2D eigenvalue weighted by atomic mass is 10.1. The number of pyridine rings is 1. The second-order valence-electron chi connectivity index (χ2n) is 8.86. The van der Waals surface area contributed by atoms with Crippen molar-refractivity contribution in [3.05, 3.63) is 58.0 Å². The molecule has 0 aliphatic carbocycles. The molecule has 0 saturated heterocycles. The fourth-order valence-electron chi connectivity index (χ4n) is 3.98. The van der Waals surface area contributed by atoms with Crippen molar-refractivity contribution in [2.75, 3.05) is 25.0 Å². The van der Waals surface area contributed by atoms with Gasteiger partial charge in [-0.15, -0.1) is 0 Å². The van der Waals surface area contributed by atoms with Crippen molar-refractivity contribution in [3.63, 3.8) is 0 Å². The first kappa shape index (κ1) is 26.8. The molecule has 0 atom stereocenters. The minimum absolute atomic E-state index is 0.110. The Labute approximate surface area is 211 Å². The third-order valence-corrected chi connectivity index (χ3v) is 5.93. The molecule has 2 aromatic heterocycles. The number of aryl methyl sites for hydroxylation is 1. The van der Waals surface area contributed by atoms with Crippen molar-refractivity contribution >= 4 is 28.8 Å². The molecule has 36 heavy (non-hydrogen) atoms. The van der Waals surface area contributed by atoms with E-state index in [2.05, 4.69) is 32.8 Å². The van der Waals surface area contributed by atoms with Crippen molar-refractivity contribution in [2.45, 2.75) is 59.3 Å². The molecule has 192 valence electrons. The molecular formula is C27H36N6O3. The molecule has 0 unspecified atom stereocenters. The van der Waals surface area contributed by atoms with E-state index in [1.807, 2.05) is 6.92 Å². The SMILES string of the molecule is CCCCCCCCNC(=O)c1ccc(-n2c(=O)ccc3c(C)nc(NCCNC(C)=O)nc32)cc1. The lowest BCUT2D eigenvalue weighted by Gasteiger charge is -2.13. The van der Waals surface area contributed by atoms with Gasteiger partial charge in [-0.25, -0.2) is 4.98 Å². The fourth-order valence-corrected chi connectivity index (χ4v) is 3.98. The van der Waals surface area contributed by atoms with Crippen LogP contribution in [0.4, 0.5) is 5.95 Å². The molecule has 0 aliphatic rings. The molecular weight excluding hydrogens is 456 g/mol. The molecule has 1 aromatic carbocycles. The van der Waals surface area contributed by atoms with Crippen LogP contribution in [0.3, 0.4) is 0 Å². The Hall–Kier alpha value is -3.75. The predicted molar refractivity (Wildman–Crippen MR) is 143 cm³/mol. The molecule has 0 bridgehead atoms. The highest BCUT2D eigenvalue weighted by molar-refractivity contribution is 5.94. The van der Waals surface area contributed by atoms with Gasteiger partial charge in [-0.2, -0.15) is 4.98 Å². The van der Waals surface area contributed by atoms with Crippen LogP contribution in [0.2, 0.25) is 0 Å². The zero-order chi connectivity index (χ0) is 25.9. The summed E-state index contributed by atoms with van der Waals surface area (Å²) < 4.78 is 1.51. The summed E-state index contributed by atoms with van der Waals surface area (Å²) in [5.41, 5.74) is 2.12. The zero-order valence-corrected chi connectivity index (χ0v) is 21.4. The average Bonchev–Trinajstić information content (AvgIpc) is 2.86. The van der Waals surface area contributed by atoms with Gasteiger partial charge in [0.2, 0.25) is 11.9 Å². The minimum atomic E-state index is -0.231. The summed E-state index contributed by atoms with van der Waals surface area (Å²) in [5, 5.41) is 9.52. The Morgan fingerprint density at radius 1 is 0.861 bits per heavy atom. The first-order valence-corrected chi connectivity index (χ1v) is 12.7. The smallest absolute Gasteiger partial charge is 0.256 e. The van der Waals surface area contributed by atoms with E-state index in [4.69, 9.17) is 0 Å². The second-order valence-corrected chi connectivity index (χ2v) is 8.86. The average molecular weight is 493 g/mol. The number of hydrogen-bond donors (Lipinski definition) is 3. The molecule has 2 amide bonds. The number of rotatable bonds is 13. The van der Waals surface area contributed by atoms with Crippen LogP contribution in [0.1, 0.15) is 68.4 Å². The molecule has 3 rings (SSSR count). The summed E-state index contributed by atoms with van der Waals surface area (Å²) in [6, 6.07) is 10.2. The topological polar surface area (TPSA) is 118 Å². The van der Waals surface area contributed by atoms with Crippen LogP contribution in [-0.4, -0.2) is 46.0 Å². The van der Waals surface area contributed by atoms with E-state index in [0.717, 1.165) is 23.9 Å². The van der Waals surface area contributed by atoms with Crippen LogP contribution >= 0.6 is 0 Å². The maximum absolute atomic E-state index is 12.8. The molecule has 0 radical (unpaired) electrons. The third kappa shape index (κ3) is 7.37. The van der Waals surface area contributed by atoms with E-state index in [9.17, 15) is 14.4 Å². The molecule has 0 spiro atoms. The number of amides is 2. The van der Waals surface area contributed by atoms with Gasteiger partial charge in [0.25, 0.3) is 11.5 Å². The number of aromatic nitrogens is 3. The number of anilines is 1. The van der Waals surface area contributed by atoms with Gasteiger partial charge >= 0.3 is 0 Å². The normalized spacial score (nSPS) is 10.9. The van der Waals surface area contributed by atoms with Crippen LogP contribution in [-0.2, 0) is 4.79 Å². The van der Waals surface area contributed by atoms with Gasteiger partial charge in [0.1, 0.15) is 0 Å². The van der Waals surface area contributed by atoms with Crippen molar-refractivity contribution in [1.82, 2.24) is 25.2 Å². The van der Waals surface area contributed by atoms with Gasteiger partial charge in [-0.3, -0.25) is 19.0 Å². The highest BCUT2D eigenvalue weighted by Gasteiger charge is 2.13. The third-order valence-electron chi connectivity index (χ3n) is 5.93. The van der Waals surface area contributed by atoms with Gasteiger partial charge in [0, 0.05) is 43.6 Å². The largest absolute Gasteiger partial charge is 0.355 e. The Morgan fingerprint density at radius 2 is 1.58 bits per heavy atom. The van der Waals surface area contributed by atoms with Crippen LogP contribution in [0.5, 0.6) is 0 Å². The van der Waals surface area contributed by atoms with Gasteiger partial charge in [-0.05, 0) is 43.7 Å². The summed E-state index contributed by atoms with van der Waals surface area (Å²) in [6.45, 7) is 7.05. The predicted octanol–water partition coefficient (Wildman–Crippen LogP) is 3.73. The summed E-state index contributed by atoms with van der Waals surface area (Å²) in [5.74, 6) is 0.139. The van der Waals surface area contributed by atoms with E-state index < -0.39 is 0 Å². The van der Waals surface area contributed by atoms with E-state index >= 15 is 0 Å². The summed E-state index contributed by atoms with van der Waals surface area (Å²) in [7, 11) is 0. The maximum atomic E-state index is 12.8. The van der Waals surface area contributed by atoms with Crippen molar-refractivity contribution in [3.8, 4) is 5.69 Å². The molecule has 0 saturated carbocycles. The minimum Gasteiger partial charge on any atom is -0.355 e. The molecule has 9 heteroatoms. The Kier molecular flexibility index (Phi) is 9.97. The number of hydrogen-bond acceptors (Lipinski definition) is 6. The van der Waals surface area contributed by atoms with Crippen molar-refractivity contribution < 1.29 is 9.59 Å². The lowest BCUT2D eigenvalue weighted by Crippen LogP contribution is -2.27. The number of fused-ring (bicyclic) bond motifs is 1. The molecule has 0 fully saturated rings. The second kappa shape index (κ2) is 13.4. The number of unbranched alkanes of at least 4 members (excludes halogenated alkanes) is 5. The van der Waals surface area contributed by atoms with Gasteiger partial charge < -0.3 is 16.0 Å². The van der Waals surface area contributed by atoms with Crippen LogP contribution in [0.15, 0.2) is 41.2 Å². The van der Waals surface area contributed by atoms with Crippen molar-refractivity contribution in [2.24, 2.45) is 0 Å². The van der Waals surface area contributed by atoms with Gasteiger partial charge in [0.05, 0.1) is 11.4 Å². The van der Waals surface area contributed by atoms with Gasteiger partial charge in [0.15, 0.2) is 5.65 Å². The Balaban J connectivity index is 1.73. The lowest BCUT2D eigenvalue weighted by molar-refractivity contribution is -0.118. The summed E-state index contributed by atoms with van der Waals surface area (Å²) in [4.78, 5) is 45.5. The molecule has 0 aliphatic heterocycles. The monoisotopic (exact) mass is 492 g/mol. The molecule has 9 nitrogen and oxygen atoms in total. The van der Waals surface area contributed by atoms with Crippen LogP contribution in [0, 0.1) is 6.92 Å². The van der Waals surface area contributed by atoms with E-state index in [1.165, 1.54) is 43.2 Å². The number of carbonyl (C=O) groups is 2. The highest BCUT2D eigenvalue weighted by Crippen LogP contribution is 2.19. The fraction of sp³-hybridized carbons (Fsp3) is 0.444. The first-order valence-electron chi connectivity index (χ1n) is 12.7. The number of carbonyl (C=O) groups excluding carboxylic acids is 2. The summed E-state index contributed by atoms with van der Waals surface area (Å²) in [6.07, 6.45) is 7.03. The Bertz CT molecular complexity index is 1240. The number of nitrogens with one attached hydrogen (secondary N) is 3. The summed E-state index contributed by atoms with van der Waals surface area (Å²) >= 11 is 0. The van der Waals surface area contributed by atoms with E-state index in [1.54, 1.807) is 30.3 Å². The van der Waals surface area contributed by atoms with E-state index in [0.29, 0.717) is 42.5 Å². The number of benzene rings is 1. The van der Waals surface area contributed by atoms with E-state index in [-0.39, 0.29) is 17.4 Å². The van der Waals surface area contributed by atoms with Crippen LogP contribution in [0.25, 0.3) is 16.7 Å². The zero-order valence-electron chi connectivity index (χ0n) is 21.4. The van der Waals surface area contributed by atoms with Gasteiger partial charge in [-0.1, -0.05) is 39.0 Å². The quantitative estimate of drug-likeness (QED) is 0.313. The number of nitrogens with zero attached hydrogens (tertiary/aromatic N) is 3. The molecule has 3 aromatic rings. The standard InChI is InChI=1S/C27H36N6O3/c1-4-5-6-7-8-9-16-29-26(36)21-10-12-22(13-11-21)33-24(35)15-14-23-19(2)31-27(32-25(23)33)30-18-17-28-20(3)34/h10-15H,4-9,16-18H2,1-3H3,(H,28,34)(H,29,36)(H,30,31,32). The molecule has 2 heterocycles. The maximum Gasteiger partial charge on any atom is 0.256 e. The highest BCUT2D eigenvalue weighted by atomic mass is 16.2. The molecule has 3 N–H and O–H groups in total.